The van der Waals surface area contributed by atoms with Gasteiger partial charge in [0, 0.05) is 5.92 Å². The van der Waals surface area contributed by atoms with Gasteiger partial charge in [-0.05, 0) is 19.3 Å². The molecule has 152 valence electrons. The SMILES string of the molecule is CCc1nnc(NC(=O)CSC2=NC(C3CC3)=NC3=[N+](C)C(=O)N(C)C(=O)C23)s1. The number of amidine groups is 2. The van der Waals surface area contributed by atoms with Crippen LogP contribution >= 0.6 is 23.1 Å². The molecular weight excluding hydrogens is 414 g/mol. The highest BCUT2D eigenvalue weighted by atomic mass is 32.2. The first-order chi connectivity index (χ1) is 13.9. The molecule has 3 aliphatic rings. The first kappa shape index (κ1) is 19.8. The number of nitrogens with one attached hydrogen (secondary N) is 1. The van der Waals surface area contributed by atoms with Crippen molar-refractivity contribution in [1.82, 2.24) is 15.1 Å². The Kier molecular flexibility index (Phi) is 5.30. The van der Waals surface area contributed by atoms with E-state index in [1.807, 2.05) is 6.92 Å². The van der Waals surface area contributed by atoms with Gasteiger partial charge in [-0.25, -0.2) is 9.79 Å². The molecule has 1 N–H and O–H groups in total. The van der Waals surface area contributed by atoms with Gasteiger partial charge in [0.15, 0.2) is 5.92 Å². The summed E-state index contributed by atoms with van der Waals surface area (Å²) in [6.07, 6.45) is 2.73. The van der Waals surface area contributed by atoms with E-state index in [1.165, 1.54) is 34.7 Å². The molecule has 0 aromatic carbocycles. The van der Waals surface area contributed by atoms with Crippen LogP contribution in [0.3, 0.4) is 0 Å². The number of carbonyl (C=O) groups excluding carboxylic acids is 3. The zero-order valence-electron chi connectivity index (χ0n) is 16.2. The molecule has 0 spiro atoms. The number of aromatic nitrogens is 2. The maximum absolute atomic E-state index is 12.8. The number of carbonyl (C=O) groups is 3. The van der Waals surface area contributed by atoms with Crippen LogP contribution in [0.2, 0.25) is 0 Å². The van der Waals surface area contributed by atoms with Crippen LogP contribution in [-0.4, -0.2) is 74.1 Å². The Morgan fingerprint density at radius 2 is 2.07 bits per heavy atom. The van der Waals surface area contributed by atoms with Crippen molar-refractivity contribution in [1.29, 1.82) is 0 Å². The van der Waals surface area contributed by atoms with Gasteiger partial charge in [0.2, 0.25) is 16.9 Å². The van der Waals surface area contributed by atoms with Crippen LogP contribution in [0.15, 0.2) is 9.98 Å². The van der Waals surface area contributed by atoms with E-state index in [0.29, 0.717) is 21.8 Å². The van der Waals surface area contributed by atoms with Gasteiger partial charge in [0.1, 0.15) is 10.1 Å². The maximum atomic E-state index is 12.8. The number of imide groups is 1. The Morgan fingerprint density at radius 1 is 1.31 bits per heavy atom. The number of aliphatic imine (C=N–C) groups is 2. The number of hydrogen-bond donors (Lipinski definition) is 1. The number of fused-ring (bicyclic) bond motifs is 1. The Balaban J connectivity index is 1.53. The van der Waals surface area contributed by atoms with E-state index in [0.717, 1.165) is 29.2 Å². The summed E-state index contributed by atoms with van der Waals surface area (Å²) in [5.74, 6) is -0.0747. The summed E-state index contributed by atoms with van der Waals surface area (Å²) in [7, 11) is 3.04. The highest BCUT2D eigenvalue weighted by Gasteiger charge is 2.50. The molecule has 4 rings (SSSR count). The molecule has 12 heteroatoms. The van der Waals surface area contributed by atoms with Gasteiger partial charge in [-0.15, -0.1) is 10.2 Å². The van der Waals surface area contributed by atoms with Crippen LogP contribution < -0.4 is 5.32 Å². The van der Waals surface area contributed by atoms with Crippen LogP contribution in [0.1, 0.15) is 24.8 Å². The van der Waals surface area contributed by atoms with Crippen molar-refractivity contribution >= 4 is 62.8 Å². The van der Waals surface area contributed by atoms with Gasteiger partial charge >= 0.3 is 11.9 Å². The van der Waals surface area contributed by atoms with Crippen LogP contribution in [-0.2, 0) is 16.0 Å². The van der Waals surface area contributed by atoms with Gasteiger partial charge in [-0.1, -0.05) is 35.0 Å². The van der Waals surface area contributed by atoms with Crippen LogP contribution in [0.5, 0.6) is 0 Å². The van der Waals surface area contributed by atoms with Crippen LogP contribution in [0, 0.1) is 11.8 Å². The van der Waals surface area contributed by atoms with E-state index < -0.39 is 11.9 Å². The minimum atomic E-state index is -0.767. The Bertz CT molecular complexity index is 993. The van der Waals surface area contributed by atoms with Crippen molar-refractivity contribution in [3.05, 3.63) is 5.01 Å². The van der Waals surface area contributed by atoms with E-state index in [-0.39, 0.29) is 23.5 Å². The molecule has 1 aromatic heterocycles. The normalized spacial score (nSPS) is 21.8. The average molecular weight is 435 g/mol. The predicted molar refractivity (Wildman–Crippen MR) is 111 cm³/mol. The summed E-state index contributed by atoms with van der Waals surface area (Å²) >= 11 is 2.52. The van der Waals surface area contributed by atoms with Crippen molar-refractivity contribution in [2.24, 2.45) is 21.8 Å². The molecule has 1 aliphatic carbocycles. The van der Waals surface area contributed by atoms with E-state index in [9.17, 15) is 14.4 Å². The van der Waals surface area contributed by atoms with E-state index in [1.54, 1.807) is 7.05 Å². The number of nitrogens with zero attached hydrogens (tertiary/aromatic N) is 6. The molecule has 29 heavy (non-hydrogen) atoms. The van der Waals surface area contributed by atoms with E-state index in [4.69, 9.17) is 0 Å². The quantitative estimate of drug-likeness (QED) is 0.696. The summed E-state index contributed by atoms with van der Waals surface area (Å²) in [5, 5.41) is 12.4. The number of aryl methyl sites for hydroxylation is 1. The number of hydrogen-bond acceptors (Lipinski definition) is 9. The number of thioether (sulfide) groups is 1. The third kappa shape index (κ3) is 3.86. The molecule has 3 heterocycles. The largest absolute Gasteiger partial charge is 0.445 e. The Labute approximate surface area is 175 Å². The summed E-state index contributed by atoms with van der Waals surface area (Å²) in [4.78, 5) is 47.6. The van der Waals surface area contributed by atoms with Crippen molar-refractivity contribution < 1.29 is 19.0 Å². The number of amides is 4. The molecule has 0 radical (unpaired) electrons. The second-order valence-electron chi connectivity index (χ2n) is 6.92. The second-order valence-corrected chi connectivity index (χ2v) is 8.97. The zero-order valence-corrected chi connectivity index (χ0v) is 17.8. The van der Waals surface area contributed by atoms with Gasteiger partial charge in [0.25, 0.3) is 5.84 Å². The first-order valence-corrected chi connectivity index (χ1v) is 11.0. The molecule has 10 nitrogen and oxygen atoms in total. The van der Waals surface area contributed by atoms with Gasteiger partial charge < -0.3 is 0 Å². The Hall–Kier alpha value is -2.47. The van der Waals surface area contributed by atoms with Gasteiger partial charge in [-0.2, -0.15) is 9.48 Å². The summed E-state index contributed by atoms with van der Waals surface area (Å²) in [5.41, 5.74) is 0. The number of anilines is 1. The van der Waals surface area contributed by atoms with Gasteiger partial charge in [-0.3, -0.25) is 14.9 Å². The Morgan fingerprint density at radius 3 is 2.72 bits per heavy atom. The summed E-state index contributed by atoms with van der Waals surface area (Å²) in [6.45, 7) is 1.97. The predicted octanol–water partition coefficient (Wildman–Crippen LogP) is 1.24. The first-order valence-electron chi connectivity index (χ1n) is 9.23. The molecule has 1 fully saturated rings. The second kappa shape index (κ2) is 7.75. The third-order valence-corrected chi connectivity index (χ3v) is 6.78. The topological polar surface area (TPSA) is 120 Å². The minimum absolute atomic E-state index is 0.0657. The number of rotatable bonds is 5. The lowest BCUT2D eigenvalue weighted by molar-refractivity contribution is -0.407. The minimum Gasteiger partial charge on any atom is -0.300 e. The van der Waals surface area contributed by atoms with Crippen molar-refractivity contribution in [3.63, 3.8) is 0 Å². The molecule has 1 unspecified atom stereocenters. The molecular formula is C17H20N7O3S2+. The fraction of sp³-hybridized carbons (Fsp3) is 0.529. The average Bonchev–Trinajstić information content (AvgIpc) is 3.48. The molecule has 1 atom stereocenters. The molecule has 2 aliphatic heterocycles. The molecule has 1 aromatic rings. The standard InChI is InChI=1S/C17H19N7O3S2/c1-4-10-21-22-16(29-10)18-9(25)7-28-14-11-13(19-12(20-14)8-5-6-8)23(2)17(27)24(3)15(11)26/h8,11H,4-7H2,1-3H3/p+1. The van der Waals surface area contributed by atoms with E-state index in [2.05, 4.69) is 25.5 Å². The highest BCUT2D eigenvalue weighted by molar-refractivity contribution is 8.14. The lowest BCUT2D eigenvalue weighted by Crippen LogP contribution is -2.54. The lowest BCUT2D eigenvalue weighted by Gasteiger charge is -2.26. The fourth-order valence-electron chi connectivity index (χ4n) is 2.97. The number of urea groups is 1. The van der Waals surface area contributed by atoms with Crippen LogP contribution in [0.4, 0.5) is 9.93 Å². The fourth-order valence-corrected chi connectivity index (χ4v) is 4.55. The highest BCUT2D eigenvalue weighted by Crippen LogP contribution is 2.35. The van der Waals surface area contributed by atoms with Crippen LogP contribution in [0.25, 0.3) is 0 Å². The summed E-state index contributed by atoms with van der Waals surface area (Å²) < 4.78 is 1.39. The monoisotopic (exact) mass is 434 g/mol. The third-order valence-electron chi connectivity index (χ3n) is 4.76. The molecule has 0 saturated heterocycles. The van der Waals surface area contributed by atoms with Gasteiger partial charge in [0.05, 0.1) is 19.8 Å². The van der Waals surface area contributed by atoms with E-state index >= 15 is 0 Å². The maximum Gasteiger partial charge on any atom is 0.445 e. The van der Waals surface area contributed by atoms with Crippen molar-refractivity contribution in [3.8, 4) is 0 Å². The van der Waals surface area contributed by atoms with Crippen molar-refractivity contribution in [2.45, 2.75) is 26.2 Å². The zero-order chi connectivity index (χ0) is 20.7. The summed E-state index contributed by atoms with van der Waals surface area (Å²) in [6, 6.07) is -0.424. The molecule has 0 bridgehead atoms. The molecule has 4 amide bonds. The lowest BCUT2D eigenvalue weighted by atomic mass is 10.0. The molecule has 1 saturated carbocycles. The van der Waals surface area contributed by atoms with Crippen molar-refractivity contribution in [2.75, 3.05) is 25.2 Å². The smallest absolute Gasteiger partial charge is 0.300 e.